The maximum atomic E-state index is 11.9. The van der Waals surface area contributed by atoms with Gasteiger partial charge in [0.1, 0.15) is 11.9 Å². The molecule has 2 atom stereocenters. The monoisotopic (exact) mass is 454 g/mol. The molecule has 3 heteroatoms. The summed E-state index contributed by atoms with van der Waals surface area (Å²) in [5.41, 5.74) is 2.52. The lowest BCUT2D eigenvalue weighted by atomic mass is 9.75. The minimum absolute atomic E-state index is 0.123. The highest BCUT2D eigenvalue weighted by atomic mass is 16.5. The Bertz CT molecular complexity index is 739. The predicted molar refractivity (Wildman–Crippen MR) is 135 cm³/mol. The average Bonchev–Trinajstić information content (AvgIpc) is 3.19. The van der Waals surface area contributed by atoms with Gasteiger partial charge in [0, 0.05) is 0 Å². The number of carbonyl (C=O) groups excluding carboxylic acids is 1. The van der Waals surface area contributed by atoms with Gasteiger partial charge < -0.3 is 9.47 Å². The van der Waals surface area contributed by atoms with Crippen molar-refractivity contribution in [2.24, 2.45) is 23.7 Å². The Morgan fingerprint density at radius 3 is 2.18 bits per heavy atom. The molecule has 4 rings (SSSR count). The first-order chi connectivity index (χ1) is 16.1. The zero-order valence-corrected chi connectivity index (χ0v) is 21.2. The first kappa shape index (κ1) is 24.6. The number of aryl methyl sites for hydroxylation is 1. The van der Waals surface area contributed by atoms with Crippen molar-refractivity contribution < 1.29 is 14.3 Å². The number of hydrogen-bond donors (Lipinski definition) is 0. The number of benzene rings is 1. The second-order valence-electron chi connectivity index (χ2n) is 11.3. The molecular weight excluding hydrogens is 408 g/mol. The Morgan fingerprint density at radius 1 is 0.879 bits per heavy atom. The molecule has 1 heterocycles. The number of fused-ring (bicyclic) bond motifs is 1. The number of carbonyl (C=O) groups is 1. The van der Waals surface area contributed by atoms with Crippen molar-refractivity contribution in [2.75, 3.05) is 7.11 Å². The van der Waals surface area contributed by atoms with Gasteiger partial charge in [0.2, 0.25) is 0 Å². The third kappa shape index (κ3) is 6.76. The van der Waals surface area contributed by atoms with Crippen LogP contribution in [0.2, 0.25) is 0 Å². The van der Waals surface area contributed by atoms with Crippen LogP contribution >= 0.6 is 0 Å². The summed E-state index contributed by atoms with van der Waals surface area (Å²) in [4.78, 5) is 11.9. The maximum absolute atomic E-state index is 11.9. The Kier molecular flexibility index (Phi) is 9.15. The molecule has 3 nitrogen and oxygen atoms in total. The summed E-state index contributed by atoms with van der Waals surface area (Å²) < 4.78 is 11.7. The van der Waals surface area contributed by atoms with Crippen molar-refractivity contribution in [2.45, 2.75) is 116 Å². The van der Waals surface area contributed by atoms with Gasteiger partial charge in [-0.3, -0.25) is 4.79 Å². The molecular formula is C30H46O3. The molecule has 0 aromatic heterocycles. The van der Waals surface area contributed by atoms with E-state index in [2.05, 4.69) is 18.2 Å². The van der Waals surface area contributed by atoms with E-state index in [1.807, 2.05) is 6.92 Å². The van der Waals surface area contributed by atoms with Crippen LogP contribution in [0.1, 0.15) is 108 Å². The highest BCUT2D eigenvalue weighted by molar-refractivity contribution is 5.72. The molecule has 2 unspecified atom stereocenters. The quantitative estimate of drug-likeness (QED) is 0.338. The number of hydrogen-bond acceptors (Lipinski definition) is 3. The largest absolute Gasteiger partial charge is 0.490 e. The summed E-state index contributed by atoms with van der Waals surface area (Å²) in [5.74, 6) is 3.51. The molecule has 1 aliphatic heterocycles. The van der Waals surface area contributed by atoms with E-state index >= 15 is 0 Å². The van der Waals surface area contributed by atoms with E-state index < -0.39 is 0 Å². The Labute approximate surface area is 202 Å². The second kappa shape index (κ2) is 12.3. The minimum atomic E-state index is -0.139. The number of ether oxygens (including phenoxy) is 2. The van der Waals surface area contributed by atoms with E-state index in [0.717, 1.165) is 24.0 Å². The van der Waals surface area contributed by atoms with Crippen molar-refractivity contribution in [3.05, 3.63) is 29.3 Å². The fourth-order valence-corrected chi connectivity index (χ4v) is 6.93. The van der Waals surface area contributed by atoms with Gasteiger partial charge in [0.05, 0.1) is 13.0 Å². The number of esters is 1. The van der Waals surface area contributed by atoms with Crippen LogP contribution in [0, 0.1) is 23.7 Å². The fraction of sp³-hybridized carbons (Fsp3) is 0.767. The third-order valence-electron chi connectivity index (χ3n) is 8.88. The molecule has 3 aliphatic rings. The SMILES string of the molecule is COC(=O)C(C)Cc1ccc2c(c1)OC(C1CCCC(C3CCCCCC3)CCC1)CCC2. The fourth-order valence-electron chi connectivity index (χ4n) is 6.93. The summed E-state index contributed by atoms with van der Waals surface area (Å²) in [6.07, 6.45) is 21.8. The lowest BCUT2D eigenvalue weighted by Crippen LogP contribution is -2.28. The predicted octanol–water partition coefficient (Wildman–Crippen LogP) is 7.68. The normalized spacial score (nSPS) is 28.2. The molecule has 0 saturated heterocycles. The van der Waals surface area contributed by atoms with Gasteiger partial charge in [-0.15, -0.1) is 0 Å². The molecule has 33 heavy (non-hydrogen) atoms. The Balaban J connectivity index is 1.35. The summed E-state index contributed by atoms with van der Waals surface area (Å²) in [6, 6.07) is 6.61. The van der Waals surface area contributed by atoms with E-state index in [4.69, 9.17) is 9.47 Å². The lowest BCUT2D eigenvalue weighted by molar-refractivity contribution is -0.144. The van der Waals surface area contributed by atoms with Crippen LogP contribution in [0.5, 0.6) is 5.75 Å². The first-order valence-corrected chi connectivity index (χ1v) is 14.0. The van der Waals surface area contributed by atoms with E-state index in [1.165, 1.54) is 108 Å². The van der Waals surface area contributed by atoms with Crippen LogP contribution in [0.25, 0.3) is 0 Å². The van der Waals surface area contributed by atoms with Crippen molar-refractivity contribution in [3.63, 3.8) is 0 Å². The van der Waals surface area contributed by atoms with Crippen LogP contribution in [0.3, 0.4) is 0 Å². The van der Waals surface area contributed by atoms with Gasteiger partial charge in [-0.2, -0.15) is 0 Å². The highest BCUT2D eigenvalue weighted by Gasteiger charge is 2.30. The zero-order valence-electron chi connectivity index (χ0n) is 21.2. The average molecular weight is 455 g/mol. The molecule has 0 spiro atoms. The first-order valence-electron chi connectivity index (χ1n) is 14.0. The lowest BCUT2D eigenvalue weighted by Gasteiger charge is -2.33. The summed E-state index contributed by atoms with van der Waals surface area (Å²) in [6.45, 7) is 1.94. The van der Waals surface area contributed by atoms with Gasteiger partial charge in [0.15, 0.2) is 0 Å². The van der Waals surface area contributed by atoms with Gasteiger partial charge in [0.25, 0.3) is 0 Å². The number of methoxy groups -OCH3 is 1. The molecule has 2 saturated carbocycles. The molecule has 2 aliphatic carbocycles. The molecule has 184 valence electrons. The van der Waals surface area contributed by atoms with E-state index in [9.17, 15) is 4.79 Å². The topological polar surface area (TPSA) is 35.5 Å². The van der Waals surface area contributed by atoms with Gasteiger partial charge in [-0.25, -0.2) is 0 Å². The summed E-state index contributed by atoms with van der Waals surface area (Å²) in [7, 11) is 1.47. The van der Waals surface area contributed by atoms with Gasteiger partial charge in [-0.1, -0.05) is 83.3 Å². The standard InChI is InChI=1S/C30H46O3/c1-22(30(31)32-2)20-23-18-19-27-16-9-17-28(33-29(27)21-23)26-14-7-12-25(13-8-15-26)24-10-5-3-4-6-11-24/h18-19,21-22,24-26,28H,3-17,20H2,1-2H3. The van der Waals surface area contributed by atoms with Crippen LogP contribution in [0.15, 0.2) is 18.2 Å². The Morgan fingerprint density at radius 2 is 1.52 bits per heavy atom. The molecule has 0 radical (unpaired) electrons. The van der Waals surface area contributed by atoms with Crippen LogP contribution in [-0.4, -0.2) is 19.2 Å². The molecule has 0 bridgehead atoms. The Hall–Kier alpha value is -1.51. The van der Waals surface area contributed by atoms with Crippen LogP contribution in [-0.2, 0) is 22.4 Å². The van der Waals surface area contributed by atoms with E-state index in [-0.39, 0.29) is 11.9 Å². The highest BCUT2D eigenvalue weighted by Crippen LogP contribution is 2.40. The third-order valence-corrected chi connectivity index (χ3v) is 8.88. The summed E-state index contributed by atoms with van der Waals surface area (Å²) >= 11 is 0. The molecule has 2 fully saturated rings. The van der Waals surface area contributed by atoms with Crippen LogP contribution < -0.4 is 4.74 Å². The van der Waals surface area contributed by atoms with Gasteiger partial charge >= 0.3 is 5.97 Å². The molecule has 1 aromatic carbocycles. The zero-order chi connectivity index (χ0) is 23.0. The number of rotatable bonds is 5. The minimum Gasteiger partial charge on any atom is -0.490 e. The van der Waals surface area contributed by atoms with E-state index in [1.54, 1.807) is 0 Å². The maximum Gasteiger partial charge on any atom is 0.308 e. The van der Waals surface area contributed by atoms with Crippen molar-refractivity contribution >= 4 is 5.97 Å². The van der Waals surface area contributed by atoms with E-state index in [0.29, 0.717) is 18.4 Å². The van der Waals surface area contributed by atoms with Gasteiger partial charge in [-0.05, 0) is 73.5 Å². The summed E-state index contributed by atoms with van der Waals surface area (Å²) in [5, 5.41) is 0. The van der Waals surface area contributed by atoms with Crippen molar-refractivity contribution in [3.8, 4) is 5.75 Å². The molecule has 0 N–H and O–H groups in total. The molecule has 1 aromatic rings. The van der Waals surface area contributed by atoms with Crippen molar-refractivity contribution in [1.29, 1.82) is 0 Å². The van der Waals surface area contributed by atoms with Crippen LogP contribution in [0.4, 0.5) is 0 Å². The molecule has 0 amide bonds. The second-order valence-corrected chi connectivity index (χ2v) is 11.3. The smallest absolute Gasteiger partial charge is 0.308 e. The van der Waals surface area contributed by atoms with Crippen molar-refractivity contribution in [1.82, 2.24) is 0 Å².